The van der Waals surface area contributed by atoms with Gasteiger partial charge in [-0.1, -0.05) is 18.2 Å². The van der Waals surface area contributed by atoms with Gasteiger partial charge in [0.2, 0.25) is 5.95 Å². The quantitative estimate of drug-likeness (QED) is 0.318. The van der Waals surface area contributed by atoms with Gasteiger partial charge in [0.25, 0.3) is 11.1 Å². The minimum atomic E-state index is -0.407. The van der Waals surface area contributed by atoms with Crippen LogP contribution in [0.3, 0.4) is 0 Å². The van der Waals surface area contributed by atoms with Crippen LogP contribution in [0.1, 0.15) is 24.1 Å². The number of furan rings is 1. The van der Waals surface area contributed by atoms with Crippen LogP contribution >= 0.6 is 11.8 Å². The summed E-state index contributed by atoms with van der Waals surface area (Å²) in [6, 6.07) is 13.1. The zero-order valence-corrected chi connectivity index (χ0v) is 21.7. The molecular weight excluding hydrogens is 519 g/mol. The highest BCUT2D eigenvalue weighted by molar-refractivity contribution is 8.18. The van der Waals surface area contributed by atoms with Crippen LogP contribution in [0.15, 0.2) is 64.2 Å². The van der Waals surface area contributed by atoms with E-state index in [0.29, 0.717) is 46.0 Å². The molecule has 0 saturated carbocycles. The molecule has 3 aromatic heterocycles. The molecule has 2 aliphatic heterocycles. The van der Waals surface area contributed by atoms with Crippen molar-refractivity contribution in [3.8, 4) is 11.5 Å². The Morgan fingerprint density at radius 2 is 2.00 bits per heavy atom. The summed E-state index contributed by atoms with van der Waals surface area (Å²) in [5.41, 5.74) is 2.51. The molecule has 2 N–H and O–H groups in total. The zero-order valence-electron chi connectivity index (χ0n) is 20.9. The van der Waals surface area contributed by atoms with E-state index in [9.17, 15) is 14.0 Å². The summed E-state index contributed by atoms with van der Waals surface area (Å²) in [6.45, 7) is 2.75. The molecule has 2 aliphatic rings. The van der Waals surface area contributed by atoms with Crippen LogP contribution in [-0.2, 0) is 11.3 Å². The fourth-order valence-corrected chi connectivity index (χ4v) is 5.42. The van der Waals surface area contributed by atoms with Gasteiger partial charge in [-0.25, -0.2) is 19.3 Å². The lowest BCUT2D eigenvalue weighted by atomic mass is 9.97. The molecule has 0 bridgehead atoms. The Morgan fingerprint density at radius 1 is 1.15 bits per heavy atom. The van der Waals surface area contributed by atoms with E-state index in [1.54, 1.807) is 24.4 Å². The first kappa shape index (κ1) is 25.2. The number of imide groups is 1. The zero-order chi connectivity index (χ0) is 26.8. The third-order valence-corrected chi connectivity index (χ3v) is 7.65. The van der Waals surface area contributed by atoms with Gasteiger partial charge in [-0.15, -0.1) is 0 Å². The number of halogens is 1. The SMILES string of the molecule is O=C1NC(=O)/C(=C\c2ccnc(N3CCC(CNCc4cc(-c5cc6ccccc6o5)ncc4F)CC3)n2)S1. The summed E-state index contributed by atoms with van der Waals surface area (Å²) < 4.78 is 20.4. The van der Waals surface area contributed by atoms with E-state index in [4.69, 9.17) is 4.42 Å². The largest absolute Gasteiger partial charge is 0.454 e. The molecule has 2 amide bonds. The lowest BCUT2D eigenvalue weighted by Crippen LogP contribution is -2.38. The van der Waals surface area contributed by atoms with Gasteiger partial charge in [-0.2, -0.15) is 0 Å². The van der Waals surface area contributed by atoms with Crippen molar-refractivity contribution in [2.24, 2.45) is 5.92 Å². The standard InChI is InChI=1S/C28H25FN6O3S/c29-21-16-32-22(24-12-18-3-1-2-4-23(18)38-24)11-19(21)15-30-14-17-6-9-35(10-7-17)27-31-8-5-20(33-27)13-25-26(36)34-28(37)39-25/h1-5,8,11-13,16-17,30H,6-7,9-10,14-15H2,(H,34,36,37)/b25-13+. The van der Waals surface area contributed by atoms with Gasteiger partial charge in [0.15, 0.2) is 5.76 Å². The number of nitrogens with one attached hydrogen (secondary N) is 2. The molecule has 2 saturated heterocycles. The molecule has 0 spiro atoms. The number of nitrogens with zero attached hydrogens (tertiary/aromatic N) is 4. The highest BCUT2D eigenvalue weighted by Gasteiger charge is 2.26. The second-order valence-electron chi connectivity index (χ2n) is 9.50. The first-order chi connectivity index (χ1) is 19.0. The predicted octanol–water partition coefficient (Wildman–Crippen LogP) is 4.75. The van der Waals surface area contributed by atoms with Crippen molar-refractivity contribution in [3.63, 3.8) is 0 Å². The van der Waals surface area contributed by atoms with Gasteiger partial charge in [0.1, 0.15) is 17.1 Å². The number of benzene rings is 1. The number of fused-ring (bicyclic) bond motifs is 1. The van der Waals surface area contributed by atoms with Gasteiger partial charge in [0, 0.05) is 36.8 Å². The molecule has 39 heavy (non-hydrogen) atoms. The number of pyridine rings is 1. The van der Waals surface area contributed by atoms with Crippen LogP contribution in [0.5, 0.6) is 0 Å². The van der Waals surface area contributed by atoms with E-state index >= 15 is 0 Å². The van der Waals surface area contributed by atoms with Crippen molar-refractivity contribution in [1.29, 1.82) is 0 Å². The molecule has 2 fully saturated rings. The van der Waals surface area contributed by atoms with Gasteiger partial charge in [-0.05, 0) is 67.4 Å². The van der Waals surface area contributed by atoms with Crippen LogP contribution in [0.4, 0.5) is 15.1 Å². The molecule has 0 atom stereocenters. The minimum absolute atomic E-state index is 0.324. The van der Waals surface area contributed by atoms with Gasteiger partial charge < -0.3 is 14.6 Å². The molecule has 0 unspecified atom stereocenters. The van der Waals surface area contributed by atoms with E-state index in [2.05, 4.69) is 30.5 Å². The van der Waals surface area contributed by atoms with Crippen molar-refractivity contribution >= 4 is 45.9 Å². The molecule has 9 nitrogen and oxygen atoms in total. The maximum absolute atomic E-state index is 14.5. The van der Waals surface area contributed by atoms with Crippen molar-refractivity contribution in [2.75, 3.05) is 24.5 Å². The van der Waals surface area contributed by atoms with Crippen molar-refractivity contribution in [2.45, 2.75) is 19.4 Å². The average Bonchev–Trinajstić information content (AvgIpc) is 3.52. The van der Waals surface area contributed by atoms with Crippen LogP contribution in [-0.4, -0.2) is 45.7 Å². The Hall–Kier alpha value is -4.09. The molecule has 4 aromatic rings. The highest BCUT2D eigenvalue weighted by atomic mass is 32.2. The maximum Gasteiger partial charge on any atom is 0.290 e. The summed E-state index contributed by atoms with van der Waals surface area (Å²) in [4.78, 5) is 38.8. The van der Waals surface area contributed by atoms with E-state index in [-0.39, 0.29) is 11.1 Å². The smallest absolute Gasteiger partial charge is 0.290 e. The summed E-state index contributed by atoms with van der Waals surface area (Å²) in [7, 11) is 0. The van der Waals surface area contributed by atoms with E-state index in [1.807, 2.05) is 30.3 Å². The minimum Gasteiger partial charge on any atom is -0.454 e. The topological polar surface area (TPSA) is 113 Å². The molecule has 5 heterocycles. The number of para-hydroxylation sites is 1. The molecule has 1 aromatic carbocycles. The number of aromatic nitrogens is 3. The van der Waals surface area contributed by atoms with Crippen LogP contribution in [0.25, 0.3) is 28.5 Å². The van der Waals surface area contributed by atoms with Crippen molar-refractivity contribution in [3.05, 3.63) is 76.8 Å². The number of anilines is 1. The third kappa shape index (κ3) is 5.69. The number of amides is 2. The van der Waals surface area contributed by atoms with E-state index in [0.717, 1.165) is 55.2 Å². The monoisotopic (exact) mass is 544 g/mol. The molecular formula is C28H25FN6O3S. The number of hydrogen-bond acceptors (Lipinski definition) is 9. The first-order valence-electron chi connectivity index (χ1n) is 12.7. The normalized spacial score (nSPS) is 17.4. The lowest BCUT2D eigenvalue weighted by molar-refractivity contribution is -0.115. The molecule has 11 heteroatoms. The second-order valence-corrected chi connectivity index (χ2v) is 10.5. The number of rotatable bonds is 7. The highest BCUT2D eigenvalue weighted by Crippen LogP contribution is 2.28. The van der Waals surface area contributed by atoms with Crippen LogP contribution in [0.2, 0.25) is 0 Å². The third-order valence-electron chi connectivity index (χ3n) is 6.84. The second kappa shape index (κ2) is 11.0. The van der Waals surface area contributed by atoms with Crippen LogP contribution < -0.4 is 15.5 Å². The number of thioether (sulfide) groups is 1. The predicted molar refractivity (Wildman–Crippen MR) is 147 cm³/mol. The number of carbonyl (C=O) groups excluding carboxylic acids is 2. The van der Waals surface area contributed by atoms with Gasteiger partial charge in [0.05, 0.1) is 16.8 Å². The Labute approximate surface area is 227 Å². The molecule has 6 rings (SSSR count). The lowest BCUT2D eigenvalue weighted by Gasteiger charge is -2.32. The Kier molecular flexibility index (Phi) is 7.08. The van der Waals surface area contributed by atoms with Gasteiger partial charge >= 0.3 is 0 Å². The summed E-state index contributed by atoms with van der Waals surface area (Å²) in [5, 5.41) is 6.25. The Balaban J connectivity index is 1.03. The molecule has 198 valence electrons. The van der Waals surface area contributed by atoms with Crippen molar-refractivity contribution < 1.29 is 18.4 Å². The Morgan fingerprint density at radius 3 is 2.79 bits per heavy atom. The number of carbonyl (C=O) groups is 2. The number of piperidine rings is 1. The summed E-state index contributed by atoms with van der Waals surface area (Å²) in [5.74, 6) is 0.905. The summed E-state index contributed by atoms with van der Waals surface area (Å²) >= 11 is 0.866. The van der Waals surface area contributed by atoms with Crippen LogP contribution in [0, 0.1) is 11.7 Å². The van der Waals surface area contributed by atoms with Gasteiger partial charge in [-0.3, -0.25) is 14.9 Å². The molecule has 0 radical (unpaired) electrons. The first-order valence-corrected chi connectivity index (χ1v) is 13.5. The Bertz CT molecular complexity index is 1550. The fraction of sp³-hybridized carbons (Fsp3) is 0.250. The average molecular weight is 545 g/mol. The fourth-order valence-electron chi connectivity index (χ4n) is 4.76. The number of hydrogen-bond donors (Lipinski definition) is 2. The van der Waals surface area contributed by atoms with Crippen molar-refractivity contribution in [1.82, 2.24) is 25.6 Å². The van der Waals surface area contributed by atoms with E-state index in [1.165, 1.54) is 6.20 Å². The maximum atomic E-state index is 14.5. The van der Waals surface area contributed by atoms with E-state index < -0.39 is 5.91 Å². The molecule has 0 aliphatic carbocycles. The summed E-state index contributed by atoms with van der Waals surface area (Å²) in [6.07, 6.45) is 6.39.